The van der Waals surface area contributed by atoms with Gasteiger partial charge in [0.1, 0.15) is 0 Å². The van der Waals surface area contributed by atoms with Gasteiger partial charge in [0.25, 0.3) is 5.91 Å². The van der Waals surface area contributed by atoms with E-state index in [0.29, 0.717) is 23.3 Å². The van der Waals surface area contributed by atoms with Crippen LogP contribution in [0.2, 0.25) is 5.02 Å². The number of carbonyl (C=O) groups is 1. The van der Waals surface area contributed by atoms with Gasteiger partial charge in [0.05, 0.1) is 6.42 Å². The van der Waals surface area contributed by atoms with Gasteiger partial charge in [0.15, 0.2) is 5.82 Å². The van der Waals surface area contributed by atoms with Crippen molar-refractivity contribution in [2.75, 3.05) is 5.32 Å². The quantitative estimate of drug-likeness (QED) is 0.488. The summed E-state index contributed by atoms with van der Waals surface area (Å²) >= 11 is 5.94. The third-order valence-electron chi connectivity index (χ3n) is 4.60. The highest BCUT2D eigenvalue weighted by Crippen LogP contribution is 2.19. The van der Waals surface area contributed by atoms with Gasteiger partial charge in [-0.25, -0.2) is 0 Å². The highest BCUT2D eigenvalue weighted by Gasteiger charge is 2.18. The van der Waals surface area contributed by atoms with Crippen molar-refractivity contribution >= 4 is 23.5 Å². The lowest BCUT2D eigenvalue weighted by molar-refractivity contribution is 0.0901. The van der Waals surface area contributed by atoms with Crippen LogP contribution < -0.4 is 5.32 Å². The summed E-state index contributed by atoms with van der Waals surface area (Å²) in [4.78, 5) is 21.7. The van der Waals surface area contributed by atoms with E-state index in [4.69, 9.17) is 11.6 Å². The van der Waals surface area contributed by atoms with E-state index in [-0.39, 0.29) is 12.3 Å². The smallest absolute Gasteiger partial charge is 0.254 e. The first-order valence-electron chi connectivity index (χ1n) is 9.53. The molecule has 0 radical (unpaired) electrons. The molecule has 2 heterocycles. The predicted octanol–water partition coefficient (Wildman–Crippen LogP) is 4.80. The Morgan fingerprint density at radius 3 is 2.47 bits per heavy atom. The lowest BCUT2D eigenvalue weighted by Gasteiger charge is -2.08. The maximum absolute atomic E-state index is 13.0. The summed E-state index contributed by atoms with van der Waals surface area (Å²) in [6.45, 7) is 2.57. The molecule has 2 aromatic heterocycles. The van der Waals surface area contributed by atoms with Crippen molar-refractivity contribution in [3.8, 4) is 11.4 Å². The number of rotatable bonds is 6. The molecule has 0 saturated heterocycles. The lowest BCUT2D eigenvalue weighted by atomic mass is 10.1. The number of anilines is 1. The van der Waals surface area contributed by atoms with Crippen LogP contribution in [0.3, 0.4) is 0 Å². The van der Waals surface area contributed by atoms with Crippen LogP contribution in [0.4, 0.5) is 5.95 Å². The van der Waals surface area contributed by atoms with Gasteiger partial charge in [0.2, 0.25) is 5.95 Å². The number of aromatic nitrogens is 4. The van der Waals surface area contributed by atoms with E-state index in [0.717, 1.165) is 16.7 Å². The van der Waals surface area contributed by atoms with Crippen molar-refractivity contribution < 1.29 is 4.79 Å². The first kappa shape index (κ1) is 19.8. The van der Waals surface area contributed by atoms with E-state index in [1.807, 2.05) is 43.3 Å². The molecule has 0 aliphatic heterocycles. The summed E-state index contributed by atoms with van der Waals surface area (Å²) in [5.41, 5.74) is 3.88. The number of halogens is 1. The zero-order valence-corrected chi connectivity index (χ0v) is 17.2. The molecule has 1 N–H and O–H groups in total. The average Bonchev–Trinajstić information content (AvgIpc) is 3.20. The van der Waals surface area contributed by atoms with Crippen molar-refractivity contribution in [2.45, 2.75) is 19.9 Å². The molecule has 0 atom stereocenters. The van der Waals surface area contributed by atoms with Gasteiger partial charge >= 0.3 is 0 Å². The van der Waals surface area contributed by atoms with E-state index in [1.54, 1.807) is 24.5 Å². The first-order chi connectivity index (χ1) is 14.6. The number of hydrogen-bond acceptors (Lipinski definition) is 5. The third kappa shape index (κ3) is 4.72. The van der Waals surface area contributed by atoms with Crippen LogP contribution in [-0.2, 0) is 13.0 Å². The molecule has 4 rings (SSSR count). The fraction of sp³-hybridized carbons (Fsp3) is 0.130. The molecular formula is C23H20ClN5O. The molecule has 0 aliphatic carbocycles. The number of nitrogens with one attached hydrogen (secondary N) is 1. The number of nitrogens with zero attached hydrogens (tertiary/aromatic N) is 4. The molecule has 150 valence electrons. The van der Waals surface area contributed by atoms with Gasteiger partial charge < -0.3 is 5.32 Å². The summed E-state index contributed by atoms with van der Waals surface area (Å²) in [6, 6.07) is 19.1. The van der Waals surface area contributed by atoms with Gasteiger partial charge in [0, 0.05) is 29.5 Å². The fourth-order valence-electron chi connectivity index (χ4n) is 2.96. The number of aryl methyl sites for hydroxylation is 1. The van der Waals surface area contributed by atoms with Crippen molar-refractivity contribution in [1.82, 2.24) is 19.7 Å². The molecular weight excluding hydrogens is 398 g/mol. The van der Waals surface area contributed by atoms with Crippen LogP contribution in [0.1, 0.15) is 21.5 Å². The second kappa shape index (κ2) is 8.88. The maximum Gasteiger partial charge on any atom is 0.254 e. The highest BCUT2D eigenvalue weighted by atomic mass is 35.5. The Balaban J connectivity index is 1.60. The topological polar surface area (TPSA) is 72.7 Å². The Morgan fingerprint density at radius 2 is 1.77 bits per heavy atom. The molecule has 30 heavy (non-hydrogen) atoms. The molecule has 0 bridgehead atoms. The van der Waals surface area contributed by atoms with Crippen molar-refractivity contribution in [3.63, 3.8) is 0 Å². The monoisotopic (exact) mass is 417 g/mol. The Morgan fingerprint density at radius 1 is 1.03 bits per heavy atom. The summed E-state index contributed by atoms with van der Waals surface area (Å²) in [5, 5.41) is 8.32. The van der Waals surface area contributed by atoms with Crippen LogP contribution in [0.25, 0.3) is 11.4 Å². The molecule has 4 aromatic rings. The summed E-state index contributed by atoms with van der Waals surface area (Å²) in [5.74, 6) is 0.652. The number of hydrogen-bond donors (Lipinski definition) is 1. The Bertz CT molecular complexity index is 1140. The Hall–Kier alpha value is -3.51. The van der Waals surface area contributed by atoms with Gasteiger partial charge in [-0.15, -0.1) is 5.10 Å². The van der Waals surface area contributed by atoms with Crippen LogP contribution in [0.5, 0.6) is 0 Å². The summed E-state index contributed by atoms with van der Waals surface area (Å²) < 4.78 is 1.32. The summed E-state index contributed by atoms with van der Waals surface area (Å²) in [6.07, 6.45) is 3.54. The summed E-state index contributed by atoms with van der Waals surface area (Å²) in [7, 11) is 0. The van der Waals surface area contributed by atoms with E-state index in [9.17, 15) is 4.79 Å². The minimum absolute atomic E-state index is 0.187. The van der Waals surface area contributed by atoms with Crippen molar-refractivity contribution in [1.29, 1.82) is 0 Å². The van der Waals surface area contributed by atoms with Gasteiger partial charge in [-0.3, -0.25) is 9.78 Å². The number of benzene rings is 2. The molecule has 0 saturated carbocycles. The zero-order chi connectivity index (χ0) is 20.9. The van der Waals surface area contributed by atoms with E-state index < -0.39 is 0 Å². The molecule has 2 aromatic carbocycles. The molecule has 7 heteroatoms. The second-order valence-electron chi connectivity index (χ2n) is 6.95. The third-order valence-corrected chi connectivity index (χ3v) is 4.85. The van der Waals surface area contributed by atoms with Crippen LogP contribution in [0.15, 0.2) is 73.1 Å². The molecule has 0 fully saturated rings. The second-order valence-corrected chi connectivity index (χ2v) is 7.39. The number of pyridine rings is 1. The highest BCUT2D eigenvalue weighted by molar-refractivity contribution is 6.30. The standard InChI is InChI=1S/C23H20ClN5O/c1-16-4-6-18(7-5-16)14-26-23-27-22(19-3-2-12-25-15-19)28-29(23)21(30)13-17-8-10-20(24)11-9-17/h2-12,15H,13-14H2,1H3,(H,26,27,28). The van der Waals surface area contributed by atoms with E-state index in [1.165, 1.54) is 10.2 Å². The van der Waals surface area contributed by atoms with Crippen LogP contribution >= 0.6 is 11.6 Å². The normalized spacial score (nSPS) is 10.7. The van der Waals surface area contributed by atoms with Gasteiger partial charge in [-0.1, -0.05) is 53.6 Å². The molecule has 6 nitrogen and oxygen atoms in total. The zero-order valence-electron chi connectivity index (χ0n) is 16.4. The van der Waals surface area contributed by atoms with Crippen molar-refractivity contribution in [3.05, 3.63) is 94.8 Å². The van der Waals surface area contributed by atoms with E-state index >= 15 is 0 Å². The number of carbonyl (C=O) groups excluding carboxylic acids is 1. The Kier molecular flexibility index (Phi) is 5.86. The molecule has 0 amide bonds. The fourth-order valence-corrected chi connectivity index (χ4v) is 3.08. The molecule has 0 unspecified atom stereocenters. The van der Waals surface area contributed by atoms with E-state index in [2.05, 4.69) is 32.5 Å². The average molecular weight is 418 g/mol. The van der Waals surface area contributed by atoms with Crippen LogP contribution in [-0.4, -0.2) is 25.7 Å². The predicted molar refractivity (Wildman–Crippen MR) is 118 cm³/mol. The Labute approximate surface area is 179 Å². The van der Waals surface area contributed by atoms with Gasteiger partial charge in [-0.2, -0.15) is 9.67 Å². The van der Waals surface area contributed by atoms with Gasteiger partial charge in [-0.05, 0) is 42.3 Å². The largest absolute Gasteiger partial charge is 0.350 e. The minimum atomic E-state index is -0.189. The first-order valence-corrected chi connectivity index (χ1v) is 9.91. The minimum Gasteiger partial charge on any atom is -0.350 e. The SMILES string of the molecule is Cc1ccc(CNc2nc(-c3cccnc3)nn2C(=O)Cc2ccc(Cl)cc2)cc1. The lowest BCUT2D eigenvalue weighted by Crippen LogP contribution is -2.18. The van der Waals surface area contributed by atoms with Crippen LogP contribution in [0, 0.1) is 6.92 Å². The molecule has 0 spiro atoms. The maximum atomic E-state index is 13.0. The van der Waals surface area contributed by atoms with Crippen molar-refractivity contribution in [2.24, 2.45) is 0 Å². The molecule has 0 aliphatic rings.